The monoisotopic (exact) mass is 749 g/mol. The Morgan fingerprint density at radius 2 is 0.930 bits per heavy atom. The molecule has 0 radical (unpaired) electrons. The zero-order valence-corrected chi connectivity index (χ0v) is 30.9. The van der Waals surface area contributed by atoms with E-state index in [0.717, 1.165) is 60.8 Å². The Morgan fingerprint density at radius 1 is 0.368 bits per heavy atom. The van der Waals surface area contributed by atoms with E-state index >= 15 is 0 Å². The summed E-state index contributed by atoms with van der Waals surface area (Å²) in [5, 5.41) is 5.16. The number of hydrogen-bond donors (Lipinski definition) is 0. The third-order valence-corrected chi connectivity index (χ3v) is 11.7. The van der Waals surface area contributed by atoms with Gasteiger partial charge in [-0.2, -0.15) is 0 Å². The number of fused-ring (bicyclic) bond motifs is 9. The lowest BCUT2D eigenvalue weighted by molar-refractivity contribution is 0.667. The molecule has 57 heavy (non-hydrogen) atoms. The molecule has 8 heteroatoms. The Bertz CT molecular complexity index is 3480. The quantitative estimate of drug-likeness (QED) is 0.173. The van der Waals surface area contributed by atoms with E-state index in [-0.39, 0.29) is 0 Å². The summed E-state index contributed by atoms with van der Waals surface area (Å²) in [4.78, 5) is 25.8. The average molecular weight is 750 g/mol. The molecule has 0 saturated carbocycles. The molecule has 0 spiro atoms. The fraction of sp³-hybridized carbons (Fsp3) is 0. The van der Waals surface area contributed by atoms with Crippen LogP contribution in [0.1, 0.15) is 0 Å². The molecule has 0 amide bonds. The summed E-state index contributed by atoms with van der Waals surface area (Å²) in [7, 11) is 0. The largest absolute Gasteiger partial charge is 0.456 e. The van der Waals surface area contributed by atoms with Crippen molar-refractivity contribution in [1.82, 2.24) is 24.9 Å². The Hall–Kier alpha value is -7.55. The van der Waals surface area contributed by atoms with Crippen LogP contribution in [0, 0.1) is 0 Å². The Kier molecular flexibility index (Phi) is 6.96. The summed E-state index contributed by atoms with van der Waals surface area (Å²) in [5.41, 5.74) is 8.73. The Morgan fingerprint density at radius 3 is 1.63 bits per heavy atom. The van der Waals surface area contributed by atoms with Crippen molar-refractivity contribution in [1.29, 1.82) is 0 Å². The van der Waals surface area contributed by atoms with Gasteiger partial charge in [0.1, 0.15) is 28.0 Å². The highest BCUT2D eigenvalue weighted by molar-refractivity contribution is 7.25. The van der Waals surface area contributed by atoms with Crippen molar-refractivity contribution in [3.05, 3.63) is 164 Å². The molecule has 0 aliphatic rings. The number of furan rings is 2. The van der Waals surface area contributed by atoms with Crippen LogP contribution in [0.3, 0.4) is 0 Å². The molecule has 0 aliphatic heterocycles. The third-order valence-electron chi connectivity index (χ3n) is 10.6. The van der Waals surface area contributed by atoms with Crippen molar-refractivity contribution < 1.29 is 8.83 Å². The summed E-state index contributed by atoms with van der Waals surface area (Å²) < 4.78 is 15.6. The van der Waals surface area contributed by atoms with Crippen LogP contribution >= 0.6 is 11.3 Å². The molecule has 7 aromatic carbocycles. The van der Waals surface area contributed by atoms with E-state index in [1.54, 1.807) is 11.3 Å². The summed E-state index contributed by atoms with van der Waals surface area (Å²) in [6, 6.07) is 55.2. The van der Waals surface area contributed by atoms with Crippen LogP contribution in [0.5, 0.6) is 0 Å². The predicted octanol–water partition coefficient (Wildman–Crippen LogP) is 13.2. The van der Waals surface area contributed by atoms with Crippen LogP contribution in [-0.2, 0) is 0 Å². The number of hydrogen-bond acceptors (Lipinski definition) is 8. The van der Waals surface area contributed by atoms with Gasteiger partial charge in [-0.25, -0.2) is 24.9 Å². The Balaban J connectivity index is 1.12. The standard InChI is InChI=1S/C49H27N5O2S/c1-3-13-28(14-4-1)46-52-47(29-15-5-2-6-16-29)54-49(53-46)35-20-12-23-38-42(35)41-34(19-11-22-37(41)55-38)48-50-43(45-44(51-48)33-18-7-9-21-36(33)56-45)30-25-26-32-31-17-8-10-24-39(31)57-40(32)27-30/h1-27H. The predicted molar refractivity (Wildman–Crippen MR) is 230 cm³/mol. The number of rotatable bonds is 5. The van der Waals surface area contributed by atoms with Crippen LogP contribution in [0.15, 0.2) is 173 Å². The Labute approximate surface area is 328 Å². The molecule has 5 heterocycles. The maximum absolute atomic E-state index is 6.60. The fourth-order valence-corrected chi connectivity index (χ4v) is 9.09. The second-order valence-corrected chi connectivity index (χ2v) is 15.1. The zero-order valence-electron chi connectivity index (χ0n) is 30.0. The van der Waals surface area contributed by atoms with Gasteiger partial charge in [-0.1, -0.05) is 127 Å². The van der Waals surface area contributed by atoms with Crippen molar-refractivity contribution in [2.45, 2.75) is 0 Å². The number of thiophene rings is 1. The van der Waals surface area contributed by atoms with Crippen LogP contribution in [0.4, 0.5) is 0 Å². The average Bonchev–Trinajstić information content (AvgIpc) is 3.97. The highest BCUT2D eigenvalue weighted by atomic mass is 32.1. The maximum Gasteiger partial charge on any atom is 0.180 e. The van der Waals surface area contributed by atoms with Crippen LogP contribution in [0.25, 0.3) is 121 Å². The minimum atomic E-state index is 0.542. The van der Waals surface area contributed by atoms with Crippen molar-refractivity contribution in [3.8, 4) is 56.8 Å². The lowest BCUT2D eigenvalue weighted by atomic mass is 10.0. The van der Waals surface area contributed by atoms with E-state index in [9.17, 15) is 0 Å². The fourth-order valence-electron chi connectivity index (χ4n) is 7.95. The van der Waals surface area contributed by atoms with Crippen molar-refractivity contribution in [3.63, 3.8) is 0 Å². The van der Waals surface area contributed by atoms with E-state index in [4.69, 9.17) is 33.8 Å². The van der Waals surface area contributed by atoms with Crippen molar-refractivity contribution >= 4 is 75.5 Å². The van der Waals surface area contributed by atoms with Gasteiger partial charge >= 0.3 is 0 Å². The van der Waals surface area contributed by atoms with Gasteiger partial charge < -0.3 is 8.83 Å². The van der Waals surface area contributed by atoms with Gasteiger partial charge in [0, 0.05) is 64.1 Å². The van der Waals surface area contributed by atoms with E-state index < -0.39 is 0 Å². The minimum absolute atomic E-state index is 0.542. The van der Waals surface area contributed by atoms with Crippen LogP contribution in [0.2, 0.25) is 0 Å². The molecular weight excluding hydrogens is 723 g/mol. The van der Waals surface area contributed by atoms with Gasteiger partial charge in [-0.05, 0) is 36.4 Å². The molecule has 0 aliphatic carbocycles. The molecule has 0 atom stereocenters. The van der Waals surface area contributed by atoms with E-state index in [0.29, 0.717) is 40.0 Å². The molecule has 12 aromatic rings. The van der Waals surface area contributed by atoms with E-state index in [2.05, 4.69) is 54.6 Å². The molecule has 0 bridgehead atoms. The second-order valence-electron chi connectivity index (χ2n) is 14.0. The van der Waals surface area contributed by atoms with Gasteiger partial charge in [0.25, 0.3) is 0 Å². The SMILES string of the molecule is c1ccc(-c2nc(-c3ccccc3)nc(-c3cccc4oc5cccc(-c6nc(-c7ccc8c(c7)sc7ccccc78)c7oc8ccccc8c7n6)c5c34)n2)cc1. The molecular formula is C49H27N5O2S. The third kappa shape index (κ3) is 5.08. The smallest absolute Gasteiger partial charge is 0.180 e. The first-order chi connectivity index (χ1) is 28.2. The number of para-hydroxylation sites is 1. The minimum Gasteiger partial charge on any atom is -0.456 e. The first-order valence-corrected chi connectivity index (χ1v) is 19.5. The van der Waals surface area contributed by atoms with Crippen molar-refractivity contribution in [2.75, 3.05) is 0 Å². The summed E-state index contributed by atoms with van der Waals surface area (Å²) >= 11 is 1.78. The molecule has 7 nitrogen and oxygen atoms in total. The van der Waals surface area contributed by atoms with E-state index in [1.165, 1.54) is 20.2 Å². The topological polar surface area (TPSA) is 90.7 Å². The highest BCUT2D eigenvalue weighted by Crippen LogP contribution is 2.43. The normalized spacial score (nSPS) is 11.9. The van der Waals surface area contributed by atoms with Gasteiger partial charge in [0.15, 0.2) is 28.9 Å². The molecule has 0 saturated heterocycles. The summed E-state index contributed by atoms with van der Waals surface area (Å²) in [6.45, 7) is 0. The van der Waals surface area contributed by atoms with Gasteiger partial charge in [0.05, 0.1) is 0 Å². The first-order valence-electron chi connectivity index (χ1n) is 18.7. The summed E-state index contributed by atoms with van der Waals surface area (Å²) in [5.74, 6) is 2.28. The second kappa shape index (κ2) is 12.5. The highest BCUT2D eigenvalue weighted by Gasteiger charge is 2.24. The lowest BCUT2D eigenvalue weighted by Gasteiger charge is -2.10. The molecule has 12 rings (SSSR count). The zero-order chi connectivity index (χ0) is 37.5. The van der Waals surface area contributed by atoms with Gasteiger partial charge in [0.2, 0.25) is 0 Å². The molecule has 0 N–H and O–H groups in total. The maximum atomic E-state index is 6.60. The first kappa shape index (κ1) is 31.8. The molecule has 0 fully saturated rings. The molecule has 5 aromatic heterocycles. The number of benzene rings is 7. The molecule has 266 valence electrons. The number of aromatic nitrogens is 5. The van der Waals surface area contributed by atoms with Gasteiger partial charge in [-0.3, -0.25) is 0 Å². The van der Waals surface area contributed by atoms with E-state index in [1.807, 2.05) is 109 Å². The van der Waals surface area contributed by atoms with Crippen LogP contribution in [-0.4, -0.2) is 24.9 Å². The van der Waals surface area contributed by atoms with Crippen LogP contribution < -0.4 is 0 Å². The summed E-state index contributed by atoms with van der Waals surface area (Å²) in [6.07, 6.45) is 0. The van der Waals surface area contributed by atoms with Crippen molar-refractivity contribution in [2.24, 2.45) is 0 Å². The lowest BCUT2D eigenvalue weighted by Crippen LogP contribution is -2.00. The van der Waals surface area contributed by atoms with Gasteiger partial charge in [-0.15, -0.1) is 11.3 Å². The molecule has 0 unspecified atom stereocenters. The number of nitrogens with zero attached hydrogens (tertiary/aromatic N) is 5.